The summed E-state index contributed by atoms with van der Waals surface area (Å²) in [6.45, 7) is 3.22. The third-order valence-electron chi connectivity index (χ3n) is 11.4. The molecule has 0 unspecified atom stereocenters. The molecule has 0 aromatic heterocycles. The number of carbonyl (C=O) groups excluding carboxylic acids is 1. The van der Waals surface area contributed by atoms with E-state index in [4.69, 9.17) is 42.1 Å². The summed E-state index contributed by atoms with van der Waals surface area (Å²) in [5.74, 6) is 1.30. The lowest BCUT2D eigenvalue weighted by Crippen LogP contribution is -2.55. The highest BCUT2D eigenvalue weighted by Crippen LogP contribution is 2.43. The van der Waals surface area contributed by atoms with E-state index in [9.17, 15) is 14.7 Å². The van der Waals surface area contributed by atoms with E-state index in [0.29, 0.717) is 53.5 Å². The zero-order valence-electron chi connectivity index (χ0n) is 33.9. The molecule has 8 rings (SSSR count). The van der Waals surface area contributed by atoms with Gasteiger partial charge in [-0.3, -0.25) is 9.69 Å². The molecule has 0 aliphatic carbocycles. The van der Waals surface area contributed by atoms with Crippen LogP contribution in [0.5, 0.6) is 23.0 Å². The average molecular weight is 858 g/mol. The Morgan fingerprint density at radius 2 is 1.48 bits per heavy atom. The lowest BCUT2D eigenvalue weighted by Gasteiger charge is -2.42. The number of carbonyl (C=O) groups is 2. The summed E-state index contributed by atoms with van der Waals surface area (Å²) in [5.41, 5.74) is 7.75. The fourth-order valence-corrected chi connectivity index (χ4v) is 8.46. The number of methoxy groups -OCH3 is 1. The van der Waals surface area contributed by atoms with Gasteiger partial charge in [0.05, 0.1) is 23.2 Å². The molecule has 0 radical (unpaired) electrons. The van der Waals surface area contributed by atoms with Crippen LogP contribution in [0.2, 0.25) is 10.0 Å². The summed E-state index contributed by atoms with van der Waals surface area (Å²) < 4.78 is 24.1. The SMILES string of the molecule is CC[C@@H](c1ccccc1)N1Cc2cc3c(cc2C[C@H]1C(=O)N[C@@H](Cc1ccc(-c2ccc(OC)cc2)cc1)C(=O)O)OC[C@H](c1ccc(OCc2ccc(Cl)c(Cl)c2)cc1)O3. The van der Waals surface area contributed by atoms with Gasteiger partial charge in [-0.25, -0.2) is 4.79 Å². The minimum absolute atomic E-state index is 0.0998. The molecular weight excluding hydrogens is 811 g/mol. The van der Waals surface area contributed by atoms with Gasteiger partial charge in [-0.1, -0.05) is 115 Å². The predicted molar refractivity (Wildman–Crippen MR) is 237 cm³/mol. The van der Waals surface area contributed by atoms with Crippen LogP contribution in [-0.2, 0) is 35.6 Å². The Hall–Kier alpha value is -6.00. The summed E-state index contributed by atoms with van der Waals surface area (Å²) in [5, 5.41) is 14.3. The highest BCUT2D eigenvalue weighted by atomic mass is 35.5. The van der Waals surface area contributed by atoms with Crippen LogP contribution >= 0.6 is 23.2 Å². The number of ether oxygens (including phenoxy) is 4. The topological polar surface area (TPSA) is 107 Å². The normalized spacial score (nSPS) is 16.8. The Kier molecular flexibility index (Phi) is 12.8. The molecule has 0 fully saturated rings. The van der Waals surface area contributed by atoms with Crippen molar-refractivity contribution in [3.8, 4) is 34.1 Å². The fourth-order valence-electron chi connectivity index (χ4n) is 8.14. The first-order valence-electron chi connectivity index (χ1n) is 20.3. The number of amides is 1. The van der Waals surface area contributed by atoms with E-state index in [-0.39, 0.29) is 24.5 Å². The zero-order valence-corrected chi connectivity index (χ0v) is 35.4. The van der Waals surface area contributed by atoms with Crippen LogP contribution in [0.4, 0.5) is 0 Å². The molecule has 0 saturated heterocycles. The Bertz CT molecular complexity index is 2480. The maximum Gasteiger partial charge on any atom is 0.326 e. The summed E-state index contributed by atoms with van der Waals surface area (Å²) in [7, 11) is 1.63. The highest BCUT2D eigenvalue weighted by Gasteiger charge is 2.39. The Labute approximate surface area is 365 Å². The quantitative estimate of drug-likeness (QED) is 0.112. The molecule has 0 bridgehead atoms. The standard InChI is InChI=1S/C50H46Cl2N2O7/c1-3-44(35-7-5-4-6-8-35)54-28-38-27-47-46(60-30-48(61-47)36-16-20-40(21-17-36)59-29-32-11-22-41(51)42(52)23-32)26-37(38)25-45(54)49(55)53-43(50(56)57)24-31-9-12-33(13-10-31)34-14-18-39(58-2)19-15-34/h4-23,26-27,43-45,48H,3,24-25,28-30H2,1-2H3,(H,53,55)(H,56,57)/t43-,44-,45-,48+/m0/s1. The van der Waals surface area contributed by atoms with Crippen LogP contribution in [0.15, 0.2) is 133 Å². The van der Waals surface area contributed by atoms with Crippen molar-refractivity contribution >= 4 is 35.1 Å². The molecule has 61 heavy (non-hydrogen) atoms. The van der Waals surface area contributed by atoms with Crippen molar-refractivity contribution in [1.29, 1.82) is 0 Å². The summed E-state index contributed by atoms with van der Waals surface area (Å²) in [4.78, 5) is 29.3. The molecule has 11 heteroatoms. The minimum atomic E-state index is -1.13. The first-order valence-corrected chi connectivity index (χ1v) is 21.1. The largest absolute Gasteiger partial charge is 0.497 e. The number of nitrogens with zero attached hydrogens (tertiary/aromatic N) is 1. The van der Waals surface area contributed by atoms with Crippen LogP contribution < -0.4 is 24.3 Å². The molecule has 2 aliphatic heterocycles. The number of carboxylic acids is 1. The zero-order chi connectivity index (χ0) is 42.5. The van der Waals surface area contributed by atoms with Crippen molar-refractivity contribution in [1.82, 2.24) is 10.2 Å². The van der Waals surface area contributed by atoms with E-state index in [1.165, 1.54) is 0 Å². The van der Waals surface area contributed by atoms with Crippen molar-refractivity contribution < 1.29 is 33.6 Å². The van der Waals surface area contributed by atoms with Crippen molar-refractivity contribution in [2.45, 2.75) is 63.6 Å². The average Bonchev–Trinajstić information content (AvgIpc) is 3.29. The number of hydrogen-bond donors (Lipinski definition) is 2. The molecule has 2 N–H and O–H groups in total. The van der Waals surface area contributed by atoms with Gasteiger partial charge in [-0.2, -0.15) is 0 Å². The summed E-state index contributed by atoms with van der Waals surface area (Å²) >= 11 is 12.2. The van der Waals surface area contributed by atoms with Crippen molar-refractivity contribution in [2.24, 2.45) is 0 Å². The molecule has 4 atom stereocenters. The van der Waals surface area contributed by atoms with Gasteiger partial charge in [0.15, 0.2) is 17.6 Å². The van der Waals surface area contributed by atoms with Gasteiger partial charge in [0.25, 0.3) is 0 Å². The molecule has 0 spiro atoms. The van der Waals surface area contributed by atoms with Gasteiger partial charge in [-0.15, -0.1) is 0 Å². The van der Waals surface area contributed by atoms with E-state index < -0.39 is 18.1 Å². The number of carboxylic acid groups (broad SMARTS) is 1. The Morgan fingerprint density at radius 3 is 2.15 bits per heavy atom. The van der Waals surface area contributed by atoms with Crippen LogP contribution in [0.1, 0.15) is 58.9 Å². The number of halogens is 2. The predicted octanol–water partition coefficient (Wildman–Crippen LogP) is 10.5. The molecule has 6 aromatic carbocycles. The maximum absolute atomic E-state index is 14.4. The molecule has 312 valence electrons. The van der Waals surface area contributed by atoms with E-state index in [2.05, 4.69) is 29.3 Å². The van der Waals surface area contributed by atoms with E-state index >= 15 is 0 Å². The van der Waals surface area contributed by atoms with Gasteiger partial charge in [-0.05, 0) is 106 Å². The van der Waals surface area contributed by atoms with E-state index in [1.807, 2.05) is 109 Å². The van der Waals surface area contributed by atoms with Gasteiger partial charge in [0.2, 0.25) is 5.91 Å². The Morgan fingerprint density at radius 1 is 0.803 bits per heavy atom. The van der Waals surface area contributed by atoms with Crippen LogP contribution in [0.3, 0.4) is 0 Å². The van der Waals surface area contributed by atoms with E-state index in [0.717, 1.165) is 56.7 Å². The van der Waals surface area contributed by atoms with Crippen LogP contribution in [0, 0.1) is 0 Å². The van der Waals surface area contributed by atoms with Gasteiger partial charge in [0.1, 0.15) is 30.8 Å². The number of hydrogen-bond acceptors (Lipinski definition) is 7. The number of rotatable bonds is 14. The van der Waals surface area contributed by atoms with Gasteiger partial charge in [0, 0.05) is 19.0 Å². The second-order valence-corrected chi connectivity index (χ2v) is 16.2. The van der Waals surface area contributed by atoms with Crippen molar-refractivity contribution in [3.05, 3.63) is 177 Å². The number of benzene rings is 6. The first-order chi connectivity index (χ1) is 29.6. The number of fused-ring (bicyclic) bond motifs is 2. The molecule has 2 heterocycles. The van der Waals surface area contributed by atoms with Crippen LogP contribution in [0.25, 0.3) is 11.1 Å². The molecular formula is C50H46Cl2N2O7. The highest BCUT2D eigenvalue weighted by molar-refractivity contribution is 6.42. The number of nitrogens with one attached hydrogen (secondary N) is 1. The lowest BCUT2D eigenvalue weighted by molar-refractivity contribution is -0.143. The van der Waals surface area contributed by atoms with Crippen molar-refractivity contribution in [3.63, 3.8) is 0 Å². The third-order valence-corrected chi connectivity index (χ3v) is 12.2. The molecule has 6 aromatic rings. The van der Waals surface area contributed by atoms with Crippen LogP contribution in [-0.4, -0.2) is 47.7 Å². The Balaban J connectivity index is 0.985. The summed E-state index contributed by atoms with van der Waals surface area (Å²) in [6, 6.07) is 41.0. The molecule has 0 saturated carbocycles. The summed E-state index contributed by atoms with van der Waals surface area (Å²) in [6.07, 6.45) is 0.910. The molecule has 9 nitrogen and oxygen atoms in total. The second-order valence-electron chi connectivity index (χ2n) is 15.3. The fraction of sp³-hybridized carbons (Fsp3) is 0.240. The van der Waals surface area contributed by atoms with E-state index in [1.54, 1.807) is 19.2 Å². The second kappa shape index (κ2) is 18.7. The van der Waals surface area contributed by atoms with Crippen molar-refractivity contribution in [2.75, 3.05) is 13.7 Å². The smallest absolute Gasteiger partial charge is 0.326 e. The lowest BCUT2D eigenvalue weighted by atomic mass is 9.89. The molecule has 1 amide bonds. The third kappa shape index (κ3) is 9.65. The first kappa shape index (κ1) is 41.7. The minimum Gasteiger partial charge on any atom is -0.497 e. The van der Waals surface area contributed by atoms with Gasteiger partial charge < -0.3 is 29.4 Å². The maximum atomic E-state index is 14.4. The molecule has 2 aliphatic rings. The number of aliphatic carboxylic acids is 1. The monoisotopic (exact) mass is 856 g/mol. The van der Waals surface area contributed by atoms with Gasteiger partial charge >= 0.3 is 5.97 Å².